The van der Waals surface area contributed by atoms with Gasteiger partial charge >= 0.3 is 0 Å². The molecule has 1 unspecified atom stereocenters. The molecule has 1 aliphatic heterocycles. The van der Waals surface area contributed by atoms with E-state index in [9.17, 15) is 0 Å². The largest absolute Gasteiger partial charge is 0.388 e. The molecule has 0 aliphatic carbocycles. The van der Waals surface area contributed by atoms with Gasteiger partial charge in [0.05, 0.1) is 11.7 Å². The van der Waals surface area contributed by atoms with Crippen molar-refractivity contribution in [2.75, 3.05) is 18.8 Å². The van der Waals surface area contributed by atoms with Crippen LogP contribution in [0.3, 0.4) is 0 Å². The third-order valence-electron chi connectivity index (χ3n) is 2.60. The molecule has 0 spiro atoms. The maximum absolute atomic E-state index is 5.85. The van der Waals surface area contributed by atoms with Crippen molar-refractivity contribution in [3.05, 3.63) is 5.69 Å². The number of nitrogen functional groups attached to an aromatic ring is 1. The van der Waals surface area contributed by atoms with E-state index in [-0.39, 0.29) is 11.7 Å². The average Bonchev–Trinajstić information content (AvgIpc) is 2.48. The lowest BCUT2D eigenvalue weighted by Crippen LogP contribution is -2.51. The van der Waals surface area contributed by atoms with Crippen molar-refractivity contribution in [1.82, 2.24) is 14.5 Å². The molecule has 2 N–H and O–H groups in total. The molecule has 2 rings (SSSR count). The summed E-state index contributed by atoms with van der Waals surface area (Å²) in [6.45, 7) is 8.89. The molecule has 5 nitrogen and oxygen atoms in total. The molecular weight excluding hydrogens is 224 g/mol. The molecule has 90 valence electrons. The Kier molecular flexibility index (Phi) is 3.14. The molecule has 0 radical (unpaired) electrons. The van der Waals surface area contributed by atoms with Gasteiger partial charge in [-0.1, -0.05) is 4.49 Å². The van der Waals surface area contributed by atoms with Crippen LogP contribution in [0.15, 0.2) is 0 Å². The summed E-state index contributed by atoms with van der Waals surface area (Å²) >= 11 is 1.25. The van der Waals surface area contributed by atoms with Gasteiger partial charge in [0.2, 0.25) is 0 Å². The van der Waals surface area contributed by atoms with Gasteiger partial charge in [-0.2, -0.15) is 0 Å². The molecule has 2 heterocycles. The first kappa shape index (κ1) is 11.8. The molecule has 1 fully saturated rings. The van der Waals surface area contributed by atoms with Gasteiger partial charge in [0.1, 0.15) is 10.7 Å². The molecule has 16 heavy (non-hydrogen) atoms. The first-order chi connectivity index (χ1) is 7.46. The number of ether oxygens (including phenoxy) is 1. The molecule has 1 aromatic rings. The molecule has 0 aromatic carbocycles. The van der Waals surface area contributed by atoms with Crippen molar-refractivity contribution >= 4 is 16.5 Å². The lowest BCUT2D eigenvalue weighted by molar-refractivity contribution is -0.130. The van der Waals surface area contributed by atoms with Crippen LogP contribution in [-0.2, 0) is 11.3 Å². The fourth-order valence-electron chi connectivity index (χ4n) is 2.24. The Morgan fingerprint density at radius 2 is 2.38 bits per heavy atom. The standard InChI is InChI=1S/C10H18N4OS/c1-7-4-14(6-10(2,3)15-7)5-8-9(11)16-13-12-8/h7H,4-6,11H2,1-3H3. The summed E-state index contributed by atoms with van der Waals surface area (Å²) in [5.74, 6) is 0. The first-order valence-electron chi connectivity index (χ1n) is 5.43. The Balaban J connectivity index is 2.02. The fraction of sp³-hybridized carbons (Fsp3) is 0.800. The van der Waals surface area contributed by atoms with Gasteiger partial charge in [-0.25, -0.2) is 0 Å². The Labute approximate surface area is 99.7 Å². The van der Waals surface area contributed by atoms with Crippen molar-refractivity contribution in [2.45, 2.75) is 39.0 Å². The van der Waals surface area contributed by atoms with Gasteiger partial charge < -0.3 is 10.5 Å². The highest BCUT2D eigenvalue weighted by Gasteiger charge is 2.31. The summed E-state index contributed by atoms with van der Waals surface area (Å²) in [7, 11) is 0. The minimum atomic E-state index is -0.101. The lowest BCUT2D eigenvalue weighted by Gasteiger charge is -2.41. The highest BCUT2D eigenvalue weighted by Crippen LogP contribution is 2.23. The minimum absolute atomic E-state index is 0.101. The second-order valence-corrected chi connectivity index (χ2v) is 5.73. The smallest absolute Gasteiger partial charge is 0.132 e. The van der Waals surface area contributed by atoms with Crippen molar-refractivity contribution in [3.63, 3.8) is 0 Å². The fourth-order valence-corrected chi connectivity index (χ4v) is 2.68. The summed E-state index contributed by atoms with van der Waals surface area (Å²) in [6.07, 6.45) is 0.247. The molecule has 1 aliphatic rings. The van der Waals surface area contributed by atoms with Gasteiger partial charge in [-0.15, -0.1) is 5.10 Å². The van der Waals surface area contributed by atoms with Gasteiger partial charge in [-0.3, -0.25) is 4.90 Å². The average molecular weight is 242 g/mol. The lowest BCUT2D eigenvalue weighted by atomic mass is 10.1. The van der Waals surface area contributed by atoms with Crippen LogP contribution >= 0.6 is 11.5 Å². The molecule has 1 atom stereocenters. The predicted molar refractivity (Wildman–Crippen MR) is 64.2 cm³/mol. The number of hydrogen-bond donors (Lipinski definition) is 1. The normalized spacial score (nSPS) is 25.8. The van der Waals surface area contributed by atoms with E-state index in [0.717, 1.165) is 30.3 Å². The predicted octanol–water partition coefficient (Wildman–Crippen LogP) is 1.12. The summed E-state index contributed by atoms with van der Waals surface area (Å²) in [5, 5.41) is 4.76. The van der Waals surface area contributed by atoms with Gasteiger partial charge in [-0.05, 0) is 20.8 Å². The topological polar surface area (TPSA) is 64.3 Å². The molecule has 0 bridgehead atoms. The zero-order chi connectivity index (χ0) is 11.8. The number of nitrogens with two attached hydrogens (primary N) is 1. The molecule has 1 aromatic heterocycles. The van der Waals surface area contributed by atoms with Gasteiger partial charge in [0.15, 0.2) is 0 Å². The van der Waals surface area contributed by atoms with Crippen LogP contribution in [0.2, 0.25) is 0 Å². The maximum Gasteiger partial charge on any atom is 0.132 e. The first-order valence-corrected chi connectivity index (χ1v) is 6.20. The number of rotatable bonds is 2. The van der Waals surface area contributed by atoms with Crippen LogP contribution in [0.5, 0.6) is 0 Å². The highest BCUT2D eigenvalue weighted by molar-refractivity contribution is 7.09. The van der Waals surface area contributed by atoms with Crippen LogP contribution in [0, 0.1) is 0 Å². The summed E-state index contributed by atoms with van der Waals surface area (Å²) in [5.41, 5.74) is 6.58. The van der Waals surface area contributed by atoms with E-state index in [1.165, 1.54) is 11.5 Å². The summed E-state index contributed by atoms with van der Waals surface area (Å²) in [6, 6.07) is 0. The summed E-state index contributed by atoms with van der Waals surface area (Å²) < 4.78 is 9.70. The number of hydrogen-bond acceptors (Lipinski definition) is 6. The van der Waals surface area contributed by atoms with Crippen molar-refractivity contribution < 1.29 is 4.74 Å². The van der Waals surface area contributed by atoms with E-state index in [1.54, 1.807) is 0 Å². The zero-order valence-electron chi connectivity index (χ0n) is 9.93. The quantitative estimate of drug-likeness (QED) is 0.842. The second kappa shape index (κ2) is 4.27. The van der Waals surface area contributed by atoms with Gasteiger partial charge in [0.25, 0.3) is 0 Å². The van der Waals surface area contributed by atoms with Crippen LogP contribution in [0.4, 0.5) is 5.00 Å². The molecular formula is C10H18N4OS. The van der Waals surface area contributed by atoms with E-state index < -0.39 is 0 Å². The van der Waals surface area contributed by atoms with Crippen LogP contribution < -0.4 is 5.73 Å². The third-order valence-corrected chi connectivity index (χ3v) is 3.19. The third kappa shape index (κ3) is 2.69. The van der Waals surface area contributed by atoms with E-state index in [4.69, 9.17) is 10.5 Å². The minimum Gasteiger partial charge on any atom is -0.388 e. The van der Waals surface area contributed by atoms with E-state index in [2.05, 4.69) is 35.3 Å². The summed E-state index contributed by atoms with van der Waals surface area (Å²) in [4.78, 5) is 2.32. The van der Waals surface area contributed by atoms with E-state index in [1.807, 2.05) is 0 Å². The zero-order valence-corrected chi connectivity index (χ0v) is 10.8. The van der Waals surface area contributed by atoms with Crippen LogP contribution in [0.25, 0.3) is 0 Å². The van der Waals surface area contributed by atoms with Crippen molar-refractivity contribution in [1.29, 1.82) is 0 Å². The van der Waals surface area contributed by atoms with E-state index in [0.29, 0.717) is 0 Å². The van der Waals surface area contributed by atoms with Crippen LogP contribution in [-0.4, -0.2) is 39.3 Å². The number of nitrogens with zero attached hydrogens (tertiary/aromatic N) is 3. The number of anilines is 1. The maximum atomic E-state index is 5.85. The SMILES string of the molecule is CC1CN(Cc2nnsc2N)CC(C)(C)O1. The highest BCUT2D eigenvalue weighted by atomic mass is 32.1. The van der Waals surface area contributed by atoms with Crippen molar-refractivity contribution in [2.24, 2.45) is 0 Å². The van der Waals surface area contributed by atoms with Gasteiger partial charge in [0, 0.05) is 31.2 Å². The van der Waals surface area contributed by atoms with Crippen LogP contribution in [0.1, 0.15) is 26.5 Å². The second-order valence-electron chi connectivity index (χ2n) is 4.94. The molecule has 0 amide bonds. The Morgan fingerprint density at radius 1 is 1.62 bits per heavy atom. The van der Waals surface area contributed by atoms with E-state index >= 15 is 0 Å². The Morgan fingerprint density at radius 3 is 2.94 bits per heavy atom. The Bertz CT molecular complexity index is 365. The molecule has 0 saturated carbocycles. The van der Waals surface area contributed by atoms with Crippen molar-refractivity contribution in [3.8, 4) is 0 Å². The number of aromatic nitrogens is 2. The Hall–Kier alpha value is -0.720. The molecule has 6 heteroatoms. The molecule has 1 saturated heterocycles. The monoisotopic (exact) mass is 242 g/mol. The number of morpholine rings is 1.